The van der Waals surface area contributed by atoms with E-state index in [0.29, 0.717) is 0 Å². The molecule has 4 aromatic carbocycles. The van der Waals surface area contributed by atoms with Crippen molar-refractivity contribution in [2.45, 2.75) is 13.8 Å². The van der Waals surface area contributed by atoms with Crippen LogP contribution >= 0.6 is 0 Å². The van der Waals surface area contributed by atoms with Gasteiger partial charge in [0.2, 0.25) is 0 Å². The highest BCUT2D eigenvalue weighted by Crippen LogP contribution is 2.34. The Balaban J connectivity index is 2.11. The second kappa shape index (κ2) is 4.75. The second-order valence-electron chi connectivity index (χ2n) is 6.44. The largest absolute Gasteiger partial charge is 0.244 e. The topological polar surface area (TPSA) is 25.8 Å². The summed E-state index contributed by atoms with van der Waals surface area (Å²) in [7, 11) is 0. The van der Waals surface area contributed by atoms with Gasteiger partial charge in [-0.15, -0.1) is 0 Å². The molecular formula is C22H16N2. The van der Waals surface area contributed by atoms with Gasteiger partial charge in [-0.2, -0.15) is 0 Å². The van der Waals surface area contributed by atoms with Crippen LogP contribution in [0.2, 0.25) is 0 Å². The molecule has 0 saturated carbocycles. The molecule has 0 radical (unpaired) electrons. The lowest BCUT2D eigenvalue weighted by atomic mass is 9.99. The minimum absolute atomic E-state index is 0.964. The molecule has 0 fully saturated rings. The molecule has 0 unspecified atom stereocenters. The molecule has 0 aliphatic rings. The van der Waals surface area contributed by atoms with Gasteiger partial charge in [0, 0.05) is 10.8 Å². The summed E-state index contributed by atoms with van der Waals surface area (Å²) < 4.78 is 0. The van der Waals surface area contributed by atoms with Crippen molar-refractivity contribution in [1.29, 1.82) is 0 Å². The molecule has 5 aromatic rings. The van der Waals surface area contributed by atoms with Crippen LogP contribution in [-0.2, 0) is 0 Å². The molecule has 24 heavy (non-hydrogen) atoms. The van der Waals surface area contributed by atoms with Gasteiger partial charge in [0.15, 0.2) is 0 Å². The number of hydrogen-bond acceptors (Lipinski definition) is 2. The van der Waals surface area contributed by atoms with Gasteiger partial charge in [0.25, 0.3) is 0 Å². The van der Waals surface area contributed by atoms with Crippen molar-refractivity contribution in [2.24, 2.45) is 0 Å². The molecule has 0 spiro atoms. The van der Waals surface area contributed by atoms with Crippen molar-refractivity contribution in [3.63, 3.8) is 0 Å². The maximum Gasteiger partial charge on any atom is 0.0979 e. The molecule has 0 aliphatic carbocycles. The minimum atomic E-state index is 0.964. The van der Waals surface area contributed by atoms with Crippen LogP contribution in [0.5, 0.6) is 0 Å². The summed E-state index contributed by atoms with van der Waals surface area (Å²) in [6, 6.07) is 21.2. The highest BCUT2D eigenvalue weighted by atomic mass is 14.8. The first-order valence-corrected chi connectivity index (χ1v) is 8.20. The van der Waals surface area contributed by atoms with Crippen LogP contribution in [-0.4, -0.2) is 9.97 Å². The molecule has 1 heterocycles. The van der Waals surface area contributed by atoms with Crippen LogP contribution in [0.1, 0.15) is 11.1 Å². The van der Waals surface area contributed by atoms with Gasteiger partial charge in [-0.1, -0.05) is 48.5 Å². The second-order valence-corrected chi connectivity index (χ2v) is 6.44. The van der Waals surface area contributed by atoms with Crippen LogP contribution in [0.3, 0.4) is 0 Å². The molecular weight excluding hydrogens is 292 g/mol. The molecule has 2 heteroatoms. The van der Waals surface area contributed by atoms with Gasteiger partial charge in [-0.3, -0.25) is 0 Å². The smallest absolute Gasteiger partial charge is 0.0979 e. The first kappa shape index (κ1) is 13.4. The molecule has 5 rings (SSSR count). The Morgan fingerprint density at radius 3 is 1.33 bits per heavy atom. The van der Waals surface area contributed by atoms with E-state index in [1.54, 1.807) is 0 Å². The maximum atomic E-state index is 5.00. The number of hydrogen-bond donors (Lipinski definition) is 0. The summed E-state index contributed by atoms with van der Waals surface area (Å²) in [6.07, 6.45) is 0. The lowest BCUT2D eigenvalue weighted by Gasteiger charge is -2.11. The monoisotopic (exact) mass is 308 g/mol. The van der Waals surface area contributed by atoms with Crippen molar-refractivity contribution >= 4 is 43.6 Å². The standard InChI is InChI=1S/C22H16N2/c1-13-11-19-20(12-14(13)2)24-22-18-10-6-4-8-16(18)15-7-3-5-9-17(15)21(22)23-19/h3-12H,1-2H3. The van der Waals surface area contributed by atoms with Gasteiger partial charge in [-0.25, -0.2) is 9.97 Å². The third kappa shape index (κ3) is 1.77. The van der Waals surface area contributed by atoms with E-state index >= 15 is 0 Å². The predicted octanol–water partition coefficient (Wildman–Crippen LogP) is 5.71. The maximum absolute atomic E-state index is 5.00. The summed E-state index contributed by atoms with van der Waals surface area (Å²) >= 11 is 0. The Labute approximate surface area is 139 Å². The Bertz CT molecular complexity index is 1170. The van der Waals surface area contributed by atoms with Crippen molar-refractivity contribution in [1.82, 2.24) is 9.97 Å². The fourth-order valence-electron chi connectivity index (χ4n) is 3.54. The van der Waals surface area contributed by atoms with Crippen LogP contribution in [0.15, 0.2) is 60.7 Å². The fraction of sp³-hybridized carbons (Fsp3) is 0.0909. The molecule has 0 N–H and O–H groups in total. The van der Waals surface area contributed by atoms with Gasteiger partial charge in [0.1, 0.15) is 0 Å². The van der Waals surface area contributed by atoms with E-state index in [9.17, 15) is 0 Å². The molecule has 0 amide bonds. The summed E-state index contributed by atoms with van der Waals surface area (Å²) in [4.78, 5) is 9.99. The molecule has 0 atom stereocenters. The van der Waals surface area contributed by atoms with Gasteiger partial charge in [-0.05, 0) is 47.9 Å². The van der Waals surface area contributed by atoms with Crippen molar-refractivity contribution in [3.05, 3.63) is 71.8 Å². The molecule has 2 nitrogen and oxygen atoms in total. The van der Waals surface area contributed by atoms with Crippen LogP contribution in [0.25, 0.3) is 43.6 Å². The zero-order valence-corrected chi connectivity index (χ0v) is 13.7. The molecule has 0 saturated heterocycles. The number of aromatic nitrogens is 2. The van der Waals surface area contributed by atoms with Crippen LogP contribution in [0.4, 0.5) is 0 Å². The highest BCUT2D eigenvalue weighted by molar-refractivity contribution is 6.23. The summed E-state index contributed by atoms with van der Waals surface area (Å²) in [6.45, 7) is 4.25. The first-order chi connectivity index (χ1) is 11.7. The van der Waals surface area contributed by atoms with Gasteiger partial charge >= 0.3 is 0 Å². The number of fused-ring (bicyclic) bond motifs is 7. The third-order valence-electron chi connectivity index (χ3n) is 4.93. The van der Waals surface area contributed by atoms with Crippen LogP contribution < -0.4 is 0 Å². The van der Waals surface area contributed by atoms with E-state index in [1.807, 2.05) is 0 Å². The highest BCUT2D eigenvalue weighted by Gasteiger charge is 2.12. The van der Waals surface area contributed by atoms with E-state index < -0.39 is 0 Å². The van der Waals surface area contributed by atoms with Crippen molar-refractivity contribution in [2.75, 3.05) is 0 Å². The van der Waals surface area contributed by atoms with E-state index in [0.717, 1.165) is 22.1 Å². The zero-order valence-electron chi connectivity index (χ0n) is 13.7. The number of benzene rings is 4. The third-order valence-corrected chi connectivity index (χ3v) is 4.93. The Kier molecular flexibility index (Phi) is 2.66. The van der Waals surface area contributed by atoms with E-state index in [1.165, 1.54) is 32.7 Å². The summed E-state index contributed by atoms with van der Waals surface area (Å²) in [5, 5.41) is 4.80. The molecule has 1 aromatic heterocycles. The lowest BCUT2D eigenvalue weighted by molar-refractivity contribution is 1.32. The van der Waals surface area contributed by atoms with Crippen LogP contribution in [0, 0.1) is 13.8 Å². The summed E-state index contributed by atoms with van der Waals surface area (Å²) in [5.41, 5.74) is 6.40. The predicted molar refractivity (Wildman–Crippen MR) is 102 cm³/mol. The van der Waals surface area contributed by atoms with E-state index in [4.69, 9.17) is 9.97 Å². The number of nitrogens with zero attached hydrogens (tertiary/aromatic N) is 2. The normalized spacial score (nSPS) is 11.8. The minimum Gasteiger partial charge on any atom is -0.244 e. The molecule has 0 bridgehead atoms. The Morgan fingerprint density at radius 1 is 0.542 bits per heavy atom. The first-order valence-electron chi connectivity index (χ1n) is 8.20. The van der Waals surface area contributed by atoms with Gasteiger partial charge in [0.05, 0.1) is 22.1 Å². The Morgan fingerprint density at radius 2 is 0.917 bits per heavy atom. The average molecular weight is 308 g/mol. The SMILES string of the molecule is Cc1cc2nc3c4ccccc4c4ccccc4c3nc2cc1C. The number of aryl methyl sites for hydroxylation is 2. The molecule has 114 valence electrons. The quantitative estimate of drug-likeness (QED) is 0.270. The fourth-order valence-corrected chi connectivity index (χ4v) is 3.54. The van der Waals surface area contributed by atoms with Crippen molar-refractivity contribution in [3.8, 4) is 0 Å². The Hall–Kier alpha value is -3.00. The van der Waals surface area contributed by atoms with E-state index in [2.05, 4.69) is 74.5 Å². The summed E-state index contributed by atoms with van der Waals surface area (Å²) in [5.74, 6) is 0. The lowest BCUT2D eigenvalue weighted by Crippen LogP contribution is -1.93. The van der Waals surface area contributed by atoms with Gasteiger partial charge < -0.3 is 0 Å². The molecule has 0 aliphatic heterocycles. The van der Waals surface area contributed by atoms with Crippen molar-refractivity contribution < 1.29 is 0 Å². The zero-order chi connectivity index (χ0) is 16.3. The number of rotatable bonds is 0. The van der Waals surface area contributed by atoms with E-state index in [-0.39, 0.29) is 0 Å². The average Bonchev–Trinajstić information content (AvgIpc) is 2.62.